The molecule has 1 aliphatic rings. The third-order valence-corrected chi connectivity index (χ3v) is 6.45. The summed E-state index contributed by atoms with van der Waals surface area (Å²) in [7, 11) is 1.62. The van der Waals surface area contributed by atoms with Crippen molar-refractivity contribution in [2.24, 2.45) is 0 Å². The van der Waals surface area contributed by atoms with Crippen LogP contribution in [0.25, 0.3) is 6.08 Å². The van der Waals surface area contributed by atoms with E-state index in [1.165, 1.54) is 17.3 Å². The van der Waals surface area contributed by atoms with Crippen molar-refractivity contribution < 1.29 is 14.3 Å². The van der Waals surface area contributed by atoms with Crippen molar-refractivity contribution in [1.82, 2.24) is 0 Å². The molecule has 0 amide bonds. The molecule has 3 aromatic carbocycles. The summed E-state index contributed by atoms with van der Waals surface area (Å²) in [5, 5.41) is 0. The fraction of sp³-hybridized carbons (Fsp3) is 0.125. The monoisotopic (exact) mass is 466 g/mol. The zero-order valence-electron chi connectivity index (χ0n) is 16.1. The Labute approximate surface area is 182 Å². The maximum Gasteiger partial charge on any atom is 0.200 e. The number of halogens is 1. The molecule has 0 atom stereocenters. The third kappa shape index (κ3) is 4.26. The van der Waals surface area contributed by atoms with Crippen LogP contribution in [0.1, 0.15) is 27.0 Å². The van der Waals surface area contributed by atoms with E-state index in [-0.39, 0.29) is 5.78 Å². The third-order valence-electron chi connectivity index (χ3n) is 4.66. The Kier molecular flexibility index (Phi) is 5.79. The van der Waals surface area contributed by atoms with Gasteiger partial charge in [-0.05, 0) is 48.4 Å². The normalized spacial score (nSPS) is 14.2. The molecule has 3 nitrogen and oxygen atoms in total. The van der Waals surface area contributed by atoms with E-state index < -0.39 is 0 Å². The van der Waals surface area contributed by atoms with Crippen molar-refractivity contribution in [2.75, 3.05) is 7.11 Å². The number of allylic oxidation sites excluding steroid dienone is 1. The summed E-state index contributed by atoms with van der Waals surface area (Å²) < 4.78 is 12.4. The van der Waals surface area contributed by atoms with E-state index in [4.69, 9.17) is 9.47 Å². The lowest BCUT2D eigenvalue weighted by molar-refractivity contribution is 0.104. The molecule has 0 unspecified atom stereocenters. The molecule has 0 N–H and O–H groups in total. The highest BCUT2D eigenvalue weighted by Crippen LogP contribution is 2.42. The number of carbonyl (C=O) groups is 1. The van der Waals surface area contributed by atoms with Gasteiger partial charge in [-0.15, -0.1) is 0 Å². The maximum absolute atomic E-state index is 12.7. The van der Waals surface area contributed by atoms with E-state index in [9.17, 15) is 4.79 Å². The minimum Gasteiger partial charge on any atom is -0.493 e. The first-order valence-electron chi connectivity index (χ1n) is 9.14. The fourth-order valence-corrected chi connectivity index (χ4v) is 4.54. The number of hydrogen-bond donors (Lipinski definition) is 0. The predicted molar refractivity (Wildman–Crippen MR) is 121 cm³/mol. The largest absolute Gasteiger partial charge is 0.493 e. The predicted octanol–water partition coefficient (Wildman–Crippen LogP) is 6.67. The van der Waals surface area contributed by atoms with Crippen LogP contribution in [-0.4, -0.2) is 12.9 Å². The zero-order chi connectivity index (χ0) is 20.4. The standard InChI is InChI=1S/C24H19BrO3S/c1-15-7-9-16(10-8-15)14-28-21-13-19(25)17(11-20(21)27-2)12-23-24(26)18-5-3-4-6-22(18)29-23/h3-13H,14H2,1-2H3/b23-12+. The molecule has 0 aliphatic carbocycles. The molecule has 5 heteroatoms. The van der Waals surface area contributed by atoms with Crippen LogP contribution >= 0.6 is 27.7 Å². The summed E-state index contributed by atoms with van der Waals surface area (Å²) in [6.07, 6.45) is 1.89. The fourth-order valence-electron chi connectivity index (χ4n) is 3.06. The molecule has 146 valence electrons. The highest BCUT2D eigenvalue weighted by atomic mass is 79.9. The van der Waals surface area contributed by atoms with Crippen molar-refractivity contribution in [3.63, 3.8) is 0 Å². The van der Waals surface area contributed by atoms with E-state index in [0.717, 1.165) is 26.1 Å². The van der Waals surface area contributed by atoms with Crippen LogP contribution in [0.15, 0.2) is 74.9 Å². The van der Waals surface area contributed by atoms with Crippen LogP contribution in [0, 0.1) is 6.92 Å². The number of rotatable bonds is 5. The van der Waals surface area contributed by atoms with Gasteiger partial charge < -0.3 is 9.47 Å². The molecule has 1 aliphatic heterocycles. The van der Waals surface area contributed by atoms with Crippen LogP contribution in [0.2, 0.25) is 0 Å². The Bertz CT molecular complexity index is 1100. The molecule has 3 aromatic rings. The molecular weight excluding hydrogens is 448 g/mol. The van der Waals surface area contributed by atoms with Gasteiger partial charge in [0.2, 0.25) is 5.78 Å². The van der Waals surface area contributed by atoms with Gasteiger partial charge in [-0.1, -0.05) is 69.7 Å². The first kappa shape index (κ1) is 19.8. The summed E-state index contributed by atoms with van der Waals surface area (Å²) in [4.78, 5) is 14.3. The lowest BCUT2D eigenvalue weighted by Gasteiger charge is -2.13. The Balaban J connectivity index is 1.58. The smallest absolute Gasteiger partial charge is 0.200 e. The minimum absolute atomic E-state index is 0.0520. The molecule has 0 fully saturated rings. The van der Waals surface area contributed by atoms with Crippen LogP contribution < -0.4 is 9.47 Å². The van der Waals surface area contributed by atoms with Crippen molar-refractivity contribution in [1.29, 1.82) is 0 Å². The van der Waals surface area contributed by atoms with Crippen LogP contribution in [0.5, 0.6) is 11.5 Å². The Morgan fingerprint density at radius 3 is 2.52 bits per heavy atom. The molecule has 0 radical (unpaired) electrons. The van der Waals surface area contributed by atoms with Crippen molar-refractivity contribution >= 4 is 39.6 Å². The maximum atomic E-state index is 12.7. The summed E-state index contributed by atoms with van der Waals surface area (Å²) in [6, 6.07) is 19.7. The molecule has 0 bridgehead atoms. The molecular formula is C24H19BrO3S. The van der Waals surface area contributed by atoms with Crippen LogP contribution in [-0.2, 0) is 6.61 Å². The first-order chi connectivity index (χ1) is 14.0. The average molecular weight is 467 g/mol. The van der Waals surface area contributed by atoms with Crippen LogP contribution in [0.4, 0.5) is 0 Å². The number of carbonyl (C=O) groups excluding carboxylic acids is 1. The van der Waals surface area contributed by atoms with Gasteiger partial charge >= 0.3 is 0 Å². The van der Waals surface area contributed by atoms with Gasteiger partial charge in [-0.25, -0.2) is 0 Å². The Hall–Kier alpha value is -2.50. The number of ketones is 1. The van der Waals surface area contributed by atoms with E-state index in [1.807, 2.05) is 42.5 Å². The van der Waals surface area contributed by atoms with Crippen molar-refractivity contribution in [2.45, 2.75) is 18.4 Å². The van der Waals surface area contributed by atoms with Gasteiger partial charge in [0, 0.05) is 14.9 Å². The van der Waals surface area contributed by atoms with Gasteiger partial charge in [0.15, 0.2) is 11.5 Å². The molecule has 0 spiro atoms. The number of Topliss-reactive ketones (excluding diaryl/α,β-unsaturated/α-hetero) is 1. The van der Waals surface area contributed by atoms with Crippen LogP contribution in [0.3, 0.4) is 0 Å². The van der Waals surface area contributed by atoms with E-state index in [1.54, 1.807) is 7.11 Å². The van der Waals surface area contributed by atoms with Gasteiger partial charge in [-0.2, -0.15) is 0 Å². The Morgan fingerprint density at radius 1 is 1.03 bits per heavy atom. The number of benzene rings is 3. The summed E-state index contributed by atoms with van der Waals surface area (Å²) in [6.45, 7) is 2.51. The van der Waals surface area contributed by atoms with Crippen molar-refractivity contribution in [3.8, 4) is 11.5 Å². The molecule has 29 heavy (non-hydrogen) atoms. The lowest BCUT2D eigenvalue weighted by atomic mass is 10.1. The number of ether oxygens (including phenoxy) is 2. The van der Waals surface area contributed by atoms with Gasteiger partial charge in [0.1, 0.15) is 6.61 Å². The quantitative estimate of drug-likeness (QED) is 0.393. The second-order valence-electron chi connectivity index (χ2n) is 6.73. The number of aryl methyl sites for hydroxylation is 1. The number of methoxy groups -OCH3 is 1. The lowest BCUT2D eigenvalue weighted by Crippen LogP contribution is -1.99. The van der Waals surface area contributed by atoms with Gasteiger partial charge in [-0.3, -0.25) is 4.79 Å². The Morgan fingerprint density at radius 2 is 1.79 bits per heavy atom. The zero-order valence-corrected chi connectivity index (χ0v) is 18.5. The van der Waals surface area contributed by atoms with Gasteiger partial charge in [0.25, 0.3) is 0 Å². The highest BCUT2D eigenvalue weighted by molar-refractivity contribution is 9.10. The second kappa shape index (κ2) is 8.47. The average Bonchev–Trinajstić information content (AvgIpc) is 3.05. The highest BCUT2D eigenvalue weighted by Gasteiger charge is 2.25. The molecule has 4 rings (SSSR count). The molecule has 1 heterocycles. The second-order valence-corrected chi connectivity index (χ2v) is 8.67. The number of hydrogen-bond acceptors (Lipinski definition) is 4. The molecule has 0 saturated carbocycles. The molecule has 0 aromatic heterocycles. The van der Waals surface area contributed by atoms with E-state index >= 15 is 0 Å². The number of fused-ring (bicyclic) bond motifs is 1. The van der Waals surface area contributed by atoms with Gasteiger partial charge in [0.05, 0.1) is 12.0 Å². The van der Waals surface area contributed by atoms with Crippen molar-refractivity contribution in [3.05, 3.63) is 92.3 Å². The molecule has 0 saturated heterocycles. The number of thioether (sulfide) groups is 1. The summed E-state index contributed by atoms with van der Waals surface area (Å²) in [5.74, 6) is 1.33. The summed E-state index contributed by atoms with van der Waals surface area (Å²) in [5.41, 5.74) is 3.93. The van der Waals surface area contributed by atoms with E-state index in [0.29, 0.717) is 23.0 Å². The topological polar surface area (TPSA) is 35.5 Å². The first-order valence-corrected chi connectivity index (χ1v) is 10.8. The summed E-state index contributed by atoms with van der Waals surface area (Å²) >= 11 is 5.10. The van der Waals surface area contributed by atoms with E-state index in [2.05, 4.69) is 47.1 Å². The minimum atomic E-state index is 0.0520. The SMILES string of the molecule is COc1cc(/C=C2/Sc3ccccc3C2=O)c(Br)cc1OCc1ccc(C)cc1.